The molecule has 2 aromatic rings. The van der Waals surface area contributed by atoms with Crippen molar-refractivity contribution in [1.82, 2.24) is 15.4 Å². The third-order valence-corrected chi connectivity index (χ3v) is 4.47. The molecule has 1 aromatic carbocycles. The number of benzene rings is 1. The van der Waals surface area contributed by atoms with Crippen LogP contribution in [-0.4, -0.2) is 41.2 Å². The third kappa shape index (κ3) is 3.76. The fourth-order valence-electron chi connectivity index (χ4n) is 3.14. The summed E-state index contributed by atoms with van der Waals surface area (Å²) in [5.41, 5.74) is -0.472. The number of carbonyl (C=O) groups is 2. The number of ether oxygens (including phenoxy) is 1. The maximum absolute atomic E-state index is 13.0. The number of aryl methyl sites for hydroxylation is 1. The lowest BCUT2D eigenvalue weighted by Crippen LogP contribution is -2.32. The van der Waals surface area contributed by atoms with E-state index in [0.29, 0.717) is 30.6 Å². The van der Waals surface area contributed by atoms with E-state index in [4.69, 9.17) is 9.26 Å². The Morgan fingerprint density at radius 1 is 1.32 bits per heavy atom. The molecule has 0 radical (unpaired) electrons. The van der Waals surface area contributed by atoms with E-state index in [9.17, 15) is 22.8 Å². The number of nitrogens with one attached hydrogen (secondary N) is 1. The van der Waals surface area contributed by atoms with E-state index < -0.39 is 23.9 Å². The lowest BCUT2D eigenvalue weighted by atomic mass is 10.0. The van der Waals surface area contributed by atoms with Crippen molar-refractivity contribution in [2.75, 3.05) is 13.2 Å². The van der Waals surface area contributed by atoms with Crippen LogP contribution in [0.4, 0.5) is 18.0 Å². The Hall–Kier alpha value is -2.78. The number of alkyl halides is 3. The van der Waals surface area contributed by atoms with Gasteiger partial charge in [-0.1, -0.05) is 18.5 Å². The number of amides is 3. The number of urea groups is 1. The van der Waals surface area contributed by atoms with Crippen LogP contribution < -0.4 is 10.1 Å². The van der Waals surface area contributed by atoms with Crippen LogP contribution in [0.3, 0.4) is 0 Å². The quantitative estimate of drug-likeness (QED) is 0.569. The average molecular weight is 399 g/mol. The topological polar surface area (TPSA) is 84.7 Å². The molecule has 0 saturated carbocycles. The van der Waals surface area contributed by atoms with Crippen molar-refractivity contribution in [2.45, 2.75) is 45.3 Å². The Kier molecular flexibility index (Phi) is 5.48. The molecule has 3 rings (SSSR count). The van der Waals surface area contributed by atoms with Crippen LogP contribution in [0.5, 0.6) is 5.75 Å². The van der Waals surface area contributed by atoms with E-state index in [0.717, 1.165) is 4.90 Å². The van der Waals surface area contributed by atoms with Gasteiger partial charge in [0, 0.05) is 12.1 Å². The Balaban J connectivity index is 1.71. The zero-order chi connectivity index (χ0) is 20.5. The van der Waals surface area contributed by atoms with Crippen LogP contribution in [0.15, 0.2) is 16.7 Å². The van der Waals surface area contributed by atoms with Crippen LogP contribution in [0, 0.1) is 0 Å². The summed E-state index contributed by atoms with van der Waals surface area (Å²) in [6.07, 6.45) is -3.07. The molecule has 1 fully saturated rings. The highest BCUT2D eigenvalue weighted by Crippen LogP contribution is 2.38. The number of nitrogens with zero attached hydrogens (tertiary/aromatic N) is 2. The van der Waals surface area contributed by atoms with Crippen LogP contribution in [0.2, 0.25) is 0 Å². The summed E-state index contributed by atoms with van der Waals surface area (Å²) in [7, 11) is 0. The highest BCUT2D eigenvalue weighted by molar-refractivity contribution is 6.03. The van der Waals surface area contributed by atoms with Gasteiger partial charge < -0.3 is 14.6 Å². The molecular weight excluding hydrogens is 379 g/mol. The van der Waals surface area contributed by atoms with Gasteiger partial charge in [0.1, 0.15) is 11.8 Å². The van der Waals surface area contributed by atoms with Crippen LogP contribution in [0.1, 0.15) is 37.9 Å². The van der Waals surface area contributed by atoms with E-state index in [1.54, 1.807) is 6.92 Å². The molecule has 3 amide bonds. The van der Waals surface area contributed by atoms with Crippen molar-refractivity contribution < 1.29 is 32.0 Å². The summed E-state index contributed by atoms with van der Waals surface area (Å²) in [6, 6.07) is 1.77. The van der Waals surface area contributed by atoms with Gasteiger partial charge in [-0.25, -0.2) is 4.79 Å². The second-order valence-electron chi connectivity index (χ2n) is 6.56. The number of hydrogen-bond donors (Lipinski definition) is 1. The molecule has 2 heterocycles. The Labute approximate surface area is 158 Å². The molecule has 1 N–H and O–H groups in total. The van der Waals surface area contributed by atoms with E-state index >= 15 is 0 Å². The van der Waals surface area contributed by atoms with Crippen molar-refractivity contribution in [2.24, 2.45) is 0 Å². The average Bonchev–Trinajstić information content (AvgIpc) is 3.16. The van der Waals surface area contributed by atoms with Crippen molar-refractivity contribution in [3.8, 4) is 5.75 Å². The first-order chi connectivity index (χ1) is 13.2. The highest BCUT2D eigenvalue weighted by Gasteiger charge is 2.38. The number of carbonyl (C=O) groups excluding carboxylic acids is 2. The lowest BCUT2D eigenvalue weighted by Gasteiger charge is -2.14. The SMILES string of the molecule is CCCc1c(OCCCN2C(=O)N[C@H](C)C2=O)ccc2c(C(F)(F)F)noc12. The number of aromatic nitrogens is 1. The van der Waals surface area contributed by atoms with Gasteiger partial charge in [-0.05, 0) is 31.9 Å². The fourth-order valence-corrected chi connectivity index (χ4v) is 3.14. The maximum Gasteiger partial charge on any atom is 0.437 e. The standard InChI is InChI=1S/C18H20F3N3O4/c1-3-5-11-13(7-6-12-14(11)28-23-15(12)18(19,20)21)27-9-4-8-24-16(25)10(2)22-17(24)26/h6-7,10H,3-5,8-9H2,1-2H3,(H,22,26)/t10-/m1/s1. The first kappa shape index (κ1) is 20.0. The molecule has 1 aliphatic heterocycles. The lowest BCUT2D eigenvalue weighted by molar-refractivity contribution is -0.141. The van der Waals surface area contributed by atoms with Crippen molar-refractivity contribution in [3.63, 3.8) is 0 Å². The fraction of sp³-hybridized carbons (Fsp3) is 0.500. The summed E-state index contributed by atoms with van der Waals surface area (Å²) in [4.78, 5) is 24.6. The first-order valence-electron chi connectivity index (χ1n) is 8.97. The number of hydrogen-bond acceptors (Lipinski definition) is 5. The van der Waals surface area contributed by atoms with Gasteiger partial charge in [-0.2, -0.15) is 13.2 Å². The minimum absolute atomic E-state index is 0.0644. The molecule has 0 spiro atoms. The number of fused-ring (bicyclic) bond motifs is 1. The van der Waals surface area contributed by atoms with Crippen LogP contribution >= 0.6 is 0 Å². The van der Waals surface area contributed by atoms with Crippen LogP contribution in [-0.2, 0) is 17.4 Å². The monoisotopic (exact) mass is 399 g/mol. The molecule has 1 aromatic heterocycles. The number of halogens is 3. The predicted octanol–water partition coefficient (Wildman–Crippen LogP) is 3.51. The van der Waals surface area contributed by atoms with Gasteiger partial charge in [0.15, 0.2) is 11.3 Å². The van der Waals surface area contributed by atoms with Gasteiger partial charge >= 0.3 is 12.2 Å². The molecule has 28 heavy (non-hydrogen) atoms. The normalized spacial score (nSPS) is 17.5. The summed E-state index contributed by atoms with van der Waals surface area (Å²) >= 11 is 0. The van der Waals surface area contributed by atoms with Crippen molar-refractivity contribution in [1.29, 1.82) is 0 Å². The van der Waals surface area contributed by atoms with Gasteiger partial charge in [-0.3, -0.25) is 9.69 Å². The van der Waals surface area contributed by atoms with E-state index in [2.05, 4.69) is 10.5 Å². The zero-order valence-electron chi connectivity index (χ0n) is 15.4. The van der Waals surface area contributed by atoms with Gasteiger partial charge in [0.2, 0.25) is 0 Å². The van der Waals surface area contributed by atoms with E-state index in [-0.39, 0.29) is 30.0 Å². The first-order valence-corrected chi connectivity index (χ1v) is 8.97. The molecule has 152 valence electrons. The molecule has 0 aliphatic carbocycles. The number of rotatable bonds is 7. The highest BCUT2D eigenvalue weighted by atomic mass is 19.4. The molecule has 1 aliphatic rings. The van der Waals surface area contributed by atoms with Gasteiger partial charge in [-0.15, -0.1) is 0 Å². The Morgan fingerprint density at radius 3 is 2.68 bits per heavy atom. The molecule has 7 nitrogen and oxygen atoms in total. The maximum atomic E-state index is 13.0. The largest absolute Gasteiger partial charge is 0.493 e. The minimum Gasteiger partial charge on any atom is -0.493 e. The second-order valence-corrected chi connectivity index (χ2v) is 6.56. The van der Waals surface area contributed by atoms with E-state index in [1.807, 2.05) is 6.92 Å². The Bertz CT molecular complexity index is 894. The third-order valence-electron chi connectivity index (χ3n) is 4.47. The second kappa shape index (κ2) is 7.69. The summed E-state index contributed by atoms with van der Waals surface area (Å²) in [6.45, 7) is 3.88. The zero-order valence-corrected chi connectivity index (χ0v) is 15.4. The minimum atomic E-state index is -4.60. The molecule has 10 heteroatoms. The van der Waals surface area contributed by atoms with Crippen molar-refractivity contribution >= 4 is 22.9 Å². The van der Waals surface area contributed by atoms with Gasteiger partial charge in [0.25, 0.3) is 5.91 Å². The summed E-state index contributed by atoms with van der Waals surface area (Å²) < 4.78 is 49.8. The molecule has 1 atom stereocenters. The molecular formula is C18H20F3N3O4. The number of imide groups is 1. The molecule has 1 saturated heterocycles. The predicted molar refractivity (Wildman–Crippen MR) is 92.8 cm³/mol. The summed E-state index contributed by atoms with van der Waals surface area (Å²) in [5, 5.41) is 5.60. The molecule has 0 unspecified atom stereocenters. The van der Waals surface area contributed by atoms with E-state index in [1.165, 1.54) is 12.1 Å². The summed E-state index contributed by atoms with van der Waals surface area (Å²) in [5.74, 6) is 0.115. The van der Waals surface area contributed by atoms with Gasteiger partial charge in [0.05, 0.1) is 12.0 Å². The Morgan fingerprint density at radius 2 is 2.07 bits per heavy atom. The van der Waals surface area contributed by atoms with Crippen molar-refractivity contribution in [3.05, 3.63) is 23.4 Å². The smallest absolute Gasteiger partial charge is 0.437 e. The molecule has 0 bridgehead atoms. The van der Waals surface area contributed by atoms with Crippen LogP contribution in [0.25, 0.3) is 11.0 Å².